The van der Waals surface area contributed by atoms with Crippen molar-refractivity contribution in [1.82, 2.24) is 20.2 Å². The lowest BCUT2D eigenvalue weighted by Crippen LogP contribution is -2.17. The monoisotopic (exact) mass is 335 g/mol. The zero-order valence-electron chi connectivity index (χ0n) is 12.7. The first-order valence-corrected chi connectivity index (χ1v) is 8.30. The van der Waals surface area contributed by atoms with E-state index in [1.807, 2.05) is 13.0 Å². The minimum absolute atomic E-state index is 0.00384. The minimum atomic E-state index is -0.387. The molecule has 0 radical (unpaired) electrons. The van der Waals surface area contributed by atoms with Crippen LogP contribution in [0.3, 0.4) is 0 Å². The van der Waals surface area contributed by atoms with Gasteiger partial charge in [0.05, 0.1) is 17.6 Å². The van der Waals surface area contributed by atoms with Gasteiger partial charge in [-0.15, -0.1) is 5.10 Å². The van der Waals surface area contributed by atoms with Crippen LogP contribution in [0.25, 0.3) is 0 Å². The standard InChI is InChI=1S/C14H17N5O3S/c1-10(11-4-2-5-12(8-11)19(20)21)23-14-15-16-17-18(14)9-13-6-3-7-22-13/h2,4-5,8,10,13H,3,6-7,9H2,1H3. The van der Waals surface area contributed by atoms with E-state index in [2.05, 4.69) is 15.5 Å². The van der Waals surface area contributed by atoms with Crippen LogP contribution in [0.2, 0.25) is 0 Å². The van der Waals surface area contributed by atoms with Crippen molar-refractivity contribution in [3.63, 3.8) is 0 Å². The number of thioether (sulfide) groups is 1. The molecule has 0 N–H and O–H groups in total. The summed E-state index contributed by atoms with van der Waals surface area (Å²) in [5.74, 6) is 0. The third kappa shape index (κ3) is 3.85. The summed E-state index contributed by atoms with van der Waals surface area (Å²) in [6.45, 7) is 3.41. The van der Waals surface area contributed by atoms with Gasteiger partial charge >= 0.3 is 0 Å². The van der Waals surface area contributed by atoms with Gasteiger partial charge in [-0.25, -0.2) is 4.68 Å². The molecule has 23 heavy (non-hydrogen) atoms. The number of tetrazole rings is 1. The first-order chi connectivity index (χ1) is 11.1. The predicted octanol–water partition coefficient (Wildman–Crippen LogP) is 2.61. The number of nitrogens with zero attached hydrogens (tertiary/aromatic N) is 5. The Kier molecular flexibility index (Phi) is 4.87. The Hall–Kier alpha value is -2.00. The number of nitro groups is 1. The molecule has 0 amide bonds. The van der Waals surface area contributed by atoms with E-state index in [1.54, 1.807) is 16.8 Å². The molecule has 1 fully saturated rings. The van der Waals surface area contributed by atoms with Crippen LogP contribution in [-0.2, 0) is 11.3 Å². The van der Waals surface area contributed by atoms with Gasteiger partial charge < -0.3 is 4.74 Å². The number of benzene rings is 1. The Labute approximate surface area is 137 Å². The molecule has 0 bridgehead atoms. The molecule has 1 aromatic carbocycles. The van der Waals surface area contributed by atoms with E-state index in [0.29, 0.717) is 11.7 Å². The van der Waals surface area contributed by atoms with Crippen LogP contribution < -0.4 is 0 Å². The Morgan fingerprint density at radius 2 is 2.43 bits per heavy atom. The van der Waals surface area contributed by atoms with Crippen molar-refractivity contribution in [2.45, 2.75) is 42.8 Å². The Morgan fingerprint density at radius 1 is 1.57 bits per heavy atom. The molecule has 1 aromatic heterocycles. The summed E-state index contributed by atoms with van der Waals surface area (Å²) in [4.78, 5) is 10.5. The zero-order valence-corrected chi connectivity index (χ0v) is 13.5. The van der Waals surface area contributed by atoms with E-state index < -0.39 is 0 Å². The fourth-order valence-corrected chi connectivity index (χ4v) is 3.41. The lowest BCUT2D eigenvalue weighted by molar-refractivity contribution is -0.384. The van der Waals surface area contributed by atoms with Gasteiger partial charge in [-0.05, 0) is 35.8 Å². The molecule has 1 aliphatic heterocycles. The Morgan fingerprint density at radius 3 is 3.17 bits per heavy atom. The van der Waals surface area contributed by atoms with Gasteiger partial charge in [-0.1, -0.05) is 23.9 Å². The van der Waals surface area contributed by atoms with Crippen molar-refractivity contribution in [3.8, 4) is 0 Å². The maximum atomic E-state index is 10.9. The number of rotatable bonds is 6. The SMILES string of the molecule is CC(Sc1nnnn1CC1CCCO1)c1cccc([N+](=O)[O-])c1. The molecule has 0 saturated carbocycles. The van der Waals surface area contributed by atoms with E-state index in [-0.39, 0.29) is 22.0 Å². The molecule has 1 saturated heterocycles. The second-order valence-corrected chi connectivity index (χ2v) is 6.70. The van der Waals surface area contributed by atoms with Crippen molar-refractivity contribution in [3.05, 3.63) is 39.9 Å². The molecule has 0 aliphatic carbocycles. The van der Waals surface area contributed by atoms with Crippen molar-refractivity contribution in [2.24, 2.45) is 0 Å². The van der Waals surface area contributed by atoms with Crippen LogP contribution in [-0.4, -0.2) is 37.8 Å². The van der Waals surface area contributed by atoms with Gasteiger partial charge in [-0.2, -0.15) is 0 Å². The summed E-state index contributed by atoms with van der Waals surface area (Å²) in [7, 11) is 0. The van der Waals surface area contributed by atoms with Gasteiger partial charge in [0.1, 0.15) is 0 Å². The van der Waals surface area contributed by atoms with Gasteiger partial charge in [-0.3, -0.25) is 10.1 Å². The van der Waals surface area contributed by atoms with Crippen LogP contribution in [0.4, 0.5) is 5.69 Å². The number of non-ortho nitro benzene ring substituents is 1. The Bertz CT molecular complexity index is 687. The van der Waals surface area contributed by atoms with Crippen molar-refractivity contribution in [1.29, 1.82) is 0 Å². The normalized spacial score (nSPS) is 18.9. The van der Waals surface area contributed by atoms with Gasteiger partial charge in [0.25, 0.3) is 5.69 Å². The van der Waals surface area contributed by atoms with Crippen LogP contribution in [0.15, 0.2) is 29.4 Å². The highest BCUT2D eigenvalue weighted by atomic mass is 32.2. The molecule has 2 aromatic rings. The second-order valence-electron chi connectivity index (χ2n) is 5.39. The minimum Gasteiger partial charge on any atom is -0.376 e. The van der Waals surface area contributed by atoms with Gasteiger partial charge in [0, 0.05) is 24.0 Å². The number of hydrogen-bond donors (Lipinski definition) is 0. The van der Waals surface area contributed by atoms with Crippen LogP contribution in [0.1, 0.15) is 30.6 Å². The fraction of sp³-hybridized carbons (Fsp3) is 0.500. The van der Waals surface area contributed by atoms with Crippen LogP contribution in [0.5, 0.6) is 0 Å². The smallest absolute Gasteiger partial charge is 0.269 e. The molecule has 8 nitrogen and oxygen atoms in total. The Balaban J connectivity index is 1.70. The summed E-state index contributed by atoms with van der Waals surface area (Å²) >= 11 is 1.48. The molecule has 2 atom stereocenters. The molecule has 1 aliphatic rings. The maximum absolute atomic E-state index is 10.9. The van der Waals surface area contributed by atoms with E-state index >= 15 is 0 Å². The van der Waals surface area contributed by atoms with Gasteiger partial charge in [0.2, 0.25) is 5.16 Å². The quantitative estimate of drug-likeness (QED) is 0.455. The highest BCUT2D eigenvalue weighted by Gasteiger charge is 2.21. The second kappa shape index (κ2) is 7.05. The highest BCUT2D eigenvalue weighted by Crippen LogP contribution is 2.34. The van der Waals surface area contributed by atoms with Crippen molar-refractivity contribution >= 4 is 17.4 Å². The largest absolute Gasteiger partial charge is 0.376 e. The zero-order chi connectivity index (χ0) is 16.2. The first kappa shape index (κ1) is 15.9. The molecule has 2 unspecified atom stereocenters. The molecule has 3 rings (SSSR count). The van der Waals surface area contributed by atoms with E-state index in [4.69, 9.17) is 4.74 Å². The lowest BCUT2D eigenvalue weighted by atomic mass is 10.1. The summed E-state index contributed by atoms with van der Waals surface area (Å²) in [5, 5.41) is 23.4. The average molecular weight is 335 g/mol. The fourth-order valence-electron chi connectivity index (χ4n) is 2.49. The average Bonchev–Trinajstić information content (AvgIpc) is 3.20. The summed E-state index contributed by atoms with van der Waals surface area (Å²) in [6, 6.07) is 6.65. The topological polar surface area (TPSA) is 96.0 Å². The number of ether oxygens (including phenoxy) is 1. The van der Waals surface area contributed by atoms with Crippen molar-refractivity contribution < 1.29 is 9.66 Å². The molecular formula is C14H17N5O3S. The predicted molar refractivity (Wildman–Crippen MR) is 84.2 cm³/mol. The molecule has 122 valence electrons. The van der Waals surface area contributed by atoms with Crippen LogP contribution >= 0.6 is 11.8 Å². The van der Waals surface area contributed by atoms with E-state index in [9.17, 15) is 10.1 Å². The summed E-state index contributed by atoms with van der Waals surface area (Å²) < 4.78 is 7.36. The molecule has 9 heteroatoms. The third-order valence-electron chi connectivity index (χ3n) is 3.73. The van der Waals surface area contributed by atoms with Crippen molar-refractivity contribution in [2.75, 3.05) is 6.61 Å². The summed E-state index contributed by atoms with van der Waals surface area (Å²) in [5.41, 5.74) is 0.963. The van der Waals surface area contributed by atoms with Gasteiger partial charge in [0.15, 0.2) is 0 Å². The lowest BCUT2D eigenvalue weighted by Gasteiger charge is -2.13. The third-order valence-corrected chi connectivity index (χ3v) is 4.86. The molecule has 2 heterocycles. The molecular weight excluding hydrogens is 318 g/mol. The number of nitro benzene ring substituents is 1. The van der Waals surface area contributed by atoms with E-state index in [1.165, 1.54) is 17.8 Å². The highest BCUT2D eigenvalue weighted by molar-refractivity contribution is 7.99. The summed E-state index contributed by atoms with van der Waals surface area (Å²) in [6.07, 6.45) is 2.25. The van der Waals surface area contributed by atoms with Crippen LogP contribution in [0, 0.1) is 10.1 Å². The maximum Gasteiger partial charge on any atom is 0.269 e. The number of hydrogen-bond acceptors (Lipinski definition) is 7. The first-order valence-electron chi connectivity index (χ1n) is 7.42. The molecule has 0 spiro atoms. The number of aromatic nitrogens is 4. The van der Waals surface area contributed by atoms with E-state index in [0.717, 1.165) is 25.0 Å².